The minimum atomic E-state index is 0.331. The van der Waals surface area contributed by atoms with E-state index in [-0.39, 0.29) is 0 Å². The maximum atomic E-state index is 11.6. The Morgan fingerprint density at radius 3 is 2.93 bits per heavy atom. The largest absolute Gasteiger partial charge is 0.342 e. The van der Waals surface area contributed by atoms with Crippen LogP contribution in [0.15, 0.2) is 0 Å². The van der Waals surface area contributed by atoms with Crippen LogP contribution in [0.5, 0.6) is 0 Å². The first-order valence-corrected chi connectivity index (χ1v) is 6.29. The number of rotatable bonds is 4. The topological polar surface area (TPSA) is 20.3 Å². The lowest BCUT2D eigenvalue weighted by Crippen LogP contribution is -2.32. The molecular formula is C11H21NOS. The van der Waals surface area contributed by atoms with Crippen molar-refractivity contribution in [1.29, 1.82) is 0 Å². The smallest absolute Gasteiger partial charge is 0.222 e. The number of amides is 1. The van der Waals surface area contributed by atoms with Gasteiger partial charge in [0.05, 0.1) is 0 Å². The molecule has 0 aromatic rings. The quantitative estimate of drug-likeness (QED) is 0.714. The Balaban J connectivity index is 2.40. The lowest BCUT2D eigenvalue weighted by atomic mass is 9.96. The SMILES string of the molecule is CCCC1CCC(=O)N(CCS)CC1. The van der Waals surface area contributed by atoms with Crippen LogP contribution in [-0.2, 0) is 4.79 Å². The van der Waals surface area contributed by atoms with Crippen LogP contribution in [0.4, 0.5) is 0 Å². The van der Waals surface area contributed by atoms with Crippen LogP contribution in [-0.4, -0.2) is 29.6 Å². The predicted molar refractivity (Wildman–Crippen MR) is 62.7 cm³/mol. The van der Waals surface area contributed by atoms with Gasteiger partial charge in [-0.3, -0.25) is 4.79 Å². The molecule has 0 bridgehead atoms. The van der Waals surface area contributed by atoms with Crippen molar-refractivity contribution in [3.8, 4) is 0 Å². The first-order valence-electron chi connectivity index (χ1n) is 5.66. The number of likely N-dealkylation sites (tertiary alicyclic amines) is 1. The first kappa shape index (κ1) is 11.9. The minimum Gasteiger partial charge on any atom is -0.342 e. The molecule has 14 heavy (non-hydrogen) atoms. The molecule has 1 heterocycles. The van der Waals surface area contributed by atoms with Gasteiger partial charge in [0.2, 0.25) is 5.91 Å². The van der Waals surface area contributed by atoms with E-state index < -0.39 is 0 Å². The lowest BCUT2D eigenvalue weighted by Gasteiger charge is -2.19. The summed E-state index contributed by atoms with van der Waals surface area (Å²) in [6.07, 6.45) is 5.55. The first-order chi connectivity index (χ1) is 6.77. The molecule has 0 saturated carbocycles. The van der Waals surface area contributed by atoms with E-state index in [9.17, 15) is 4.79 Å². The molecule has 0 N–H and O–H groups in total. The van der Waals surface area contributed by atoms with Gasteiger partial charge in [-0.05, 0) is 18.8 Å². The van der Waals surface area contributed by atoms with Gasteiger partial charge in [-0.1, -0.05) is 19.8 Å². The molecule has 1 aliphatic rings. The molecule has 1 rings (SSSR count). The summed E-state index contributed by atoms with van der Waals surface area (Å²) >= 11 is 4.18. The average Bonchev–Trinajstić information content (AvgIpc) is 2.34. The van der Waals surface area contributed by atoms with Crippen LogP contribution in [0.1, 0.15) is 39.0 Å². The zero-order chi connectivity index (χ0) is 10.4. The second-order valence-corrected chi connectivity index (χ2v) is 4.53. The summed E-state index contributed by atoms with van der Waals surface area (Å²) in [4.78, 5) is 13.6. The number of thiol groups is 1. The third-order valence-corrected chi connectivity index (χ3v) is 3.19. The monoisotopic (exact) mass is 215 g/mol. The number of carbonyl (C=O) groups is 1. The Bertz CT molecular complexity index is 184. The average molecular weight is 215 g/mol. The Labute approximate surface area is 92.5 Å². The summed E-state index contributed by atoms with van der Waals surface area (Å²) in [5.41, 5.74) is 0. The third kappa shape index (κ3) is 3.52. The molecule has 82 valence electrons. The van der Waals surface area contributed by atoms with Crippen molar-refractivity contribution in [1.82, 2.24) is 4.90 Å². The maximum absolute atomic E-state index is 11.6. The number of hydrogen-bond donors (Lipinski definition) is 1. The molecule has 0 radical (unpaired) electrons. The Hall–Kier alpha value is -0.180. The second kappa shape index (κ2) is 6.33. The van der Waals surface area contributed by atoms with E-state index >= 15 is 0 Å². The summed E-state index contributed by atoms with van der Waals surface area (Å²) in [7, 11) is 0. The molecule has 0 aliphatic carbocycles. The second-order valence-electron chi connectivity index (χ2n) is 4.09. The fraction of sp³-hybridized carbons (Fsp3) is 0.909. The highest BCUT2D eigenvalue weighted by molar-refractivity contribution is 7.80. The molecule has 2 nitrogen and oxygen atoms in total. The van der Waals surface area contributed by atoms with Gasteiger partial charge in [0.25, 0.3) is 0 Å². The minimum absolute atomic E-state index is 0.331. The van der Waals surface area contributed by atoms with Crippen LogP contribution < -0.4 is 0 Å². The third-order valence-electron chi connectivity index (χ3n) is 2.99. The Morgan fingerprint density at radius 1 is 1.50 bits per heavy atom. The molecule has 1 saturated heterocycles. The molecule has 1 aliphatic heterocycles. The molecular weight excluding hydrogens is 194 g/mol. The maximum Gasteiger partial charge on any atom is 0.222 e. The van der Waals surface area contributed by atoms with Crippen molar-refractivity contribution in [3.63, 3.8) is 0 Å². The van der Waals surface area contributed by atoms with Gasteiger partial charge in [-0.15, -0.1) is 0 Å². The van der Waals surface area contributed by atoms with Crippen molar-refractivity contribution in [3.05, 3.63) is 0 Å². The molecule has 0 aromatic heterocycles. The molecule has 1 atom stereocenters. The lowest BCUT2D eigenvalue weighted by molar-refractivity contribution is -0.130. The molecule has 1 unspecified atom stereocenters. The van der Waals surface area contributed by atoms with Crippen LogP contribution in [0.3, 0.4) is 0 Å². The van der Waals surface area contributed by atoms with Crippen LogP contribution in [0.25, 0.3) is 0 Å². The van der Waals surface area contributed by atoms with Crippen molar-refractivity contribution >= 4 is 18.5 Å². The number of nitrogens with zero attached hydrogens (tertiary/aromatic N) is 1. The van der Waals surface area contributed by atoms with Crippen molar-refractivity contribution in [2.45, 2.75) is 39.0 Å². The molecule has 1 fully saturated rings. The molecule has 1 amide bonds. The van der Waals surface area contributed by atoms with E-state index in [0.717, 1.165) is 37.6 Å². The predicted octanol–water partition coefficient (Wildman–Crippen LogP) is 2.35. The zero-order valence-electron chi connectivity index (χ0n) is 9.04. The number of hydrogen-bond acceptors (Lipinski definition) is 2. The fourth-order valence-corrected chi connectivity index (χ4v) is 2.39. The van der Waals surface area contributed by atoms with Gasteiger partial charge < -0.3 is 4.90 Å². The molecule has 3 heteroatoms. The van der Waals surface area contributed by atoms with Crippen LogP contribution in [0.2, 0.25) is 0 Å². The van der Waals surface area contributed by atoms with Gasteiger partial charge in [0, 0.05) is 25.3 Å². The highest BCUT2D eigenvalue weighted by atomic mass is 32.1. The summed E-state index contributed by atoms with van der Waals surface area (Å²) in [5.74, 6) is 1.89. The molecule has 0 spiro atoms. The van der Waals surface area contributed by atoms with E-state index in [1.54, 1.807) is 0 Å². The van der Waals surface area contributed by atoms with Gasteiger partial charge in [0.15, 0.2) is 0 Å². The van der Waals surface area contributed by atoms with E-state index in [4.69, 9.17) is 0 Å². The number of carbonyl (C=O) groups excluding carboxylic acids is 1. The van der Waals surface area contributed by atoms with Gasteiger partial charge in [-0.25, -0.2) is 0 Å². The van der Waals surface area contributed by atoms with Crippen LogP contribution in [0, 0.1) is 5.92 Å². The van der Waals surface area contributed by atoms with Gasteiger partial charge in [0.1, 0.15) is 0 Å². The normalized spacial score (nSPS) is 23.7. The standard InChI is InChI=1S/C11H21NOS/c1-2-3-10-4-5-11(13)12(7-6-10)8-9-14/h10,14H,2-9H2,1H3. The summed E-state index contributed by atoms with van der Waals surface area (Å²) in [6, 6.07) is 0. The van der Waals surface area contributed by atoms with Crippen molar-refractivity contribution in [2.75, 3.05) is 18.8 Å². The van der Waals surface area contributed by atoms with E-state index in [1.807, 2.05) is 4.90 Å². The van der Waals surface area contributed by atoms with E-state index in [2.05, 4.69) is 19.6 Å². The highest BCUT2D eigenvalue weighted by Gasteiger charge is 2.20. The highest BCUT2D eigenvalue weighted by Crippen LogP contribution is 2.22. The van der Waals surface area contributed by atoms with E-state index in [0.29, 0.717) is 5.91 Å². The summed E-state index contributed by atoms with van der Waals surface area (Å²) in [6.45, 7) is 3.99. The fourth-order valence-electron chi connectivity index (χ4n) is 2.15. The van der Waals surface area contributed by atoms with Crippen molar-refractivity contribution in [2.24, 2.45) is 5.92 Å². The van der Waals surface area contributed by atoms with Gasteiger partial charge in [-0.2, -0.15) is 12.6 Å². The van der Waals surface area contributed by atoms with Crippen LogP contribution >= 0.6 is 12.6 Å². The zero-order valence-corrected chi connectivity index (χ0v) is 9.93. The Morgan fingerprint density at radius 2 is 2.29 bits per heavy atom. The molecule has 0 aromatic carbocycles. The van der Waals surface area contributed by atoms with Crippen molar-refractivity contribution < 1.29 is 4.79 Å². The summed E-state index contributed by atoms with van der Waals surface area (Å²) in [5, 5.41) is 0. The van der Waals surface area contributed by atoms with E-state index in [1.165, 1.54) is 19.3 Å². The van der Waals surface area contributed by atoms with Gasteiger partial charge >= 0.3 is 0 Å². The Kier molecular flexibility index (Phi) is 5.38. The summed E-state index contributed by atoms with van der Waals surface area (Å²) < 4.78 is 0.